The van der Waals surface area contributed by atoms with E-state index in [4.69, 9.17) is 5.11 Å². The average molecular weight is 191 g/mol. The summed E-state index contributed by atoms with van der Waals surface area (Å²) < 4.78 is 21.3. The minimum atomic E-state index is -4.01. The van der Waals surface area contributed by atoms with Crippen LogP contribution in [0.15, 0.2) is 11.1 Å². The molecule has 1 heterocycles. The van der Waals surface area contributed by atoms with E-state index in [1.807, 2.05) is 0 Å². The highest BCUT2D eigenvalue weighted by Crippen LogP contribution is 2.09. The molecule has 12 heavy (non-hydrogen) atoms. The number of primary sulfonamides is 1. The summed E-state index contributed by atoms with van der Waals surface area (Å²) in [7, 11) is -4.01. The highest BCUT2D eigenvalue weighted by atomic mass is 32.2. The Morgan fingerprint density at radius 3 is 2.58 bits per heavy atom. The molecular formula is C4H5N3O4S. The summed E-state index contributed by atoms with van der Waals surface area (Å²) in [6, 6.07) is 0. The van der Waals surface area contributed by atoms with Gasteiger partial charge >= 0.3 is 5.97 Å². The van der Waals surface area contributed by atoms with Crippen LogP contribution in [0.2, 0.25) is 0 Å². The molecule has 0 amide bonds. The van der Waals surface area contributed by atoms with Gasteiger partial charge in [0.1, 0.15) is 4.90 Å². The molecule has 4 N–H and O–H groups in total. The maximum Gasteiger partial charge on any atom is 0.357 e. The van der Waals surface area contributed by atoms with Crippen LogP contribution in [0.5, 0.6) is 0 Å². The Morgan fingerprint density at radius 1 is 1.67 bits per heavy atom. The van der Waals surface area contributed by atoms with Crippen molar-refractivity contribution < 1.29 is 18.3 Å². The predicted molar refractivity (Wildman–Crippen MR) is 36.9 cm³/mol. The number of H-pyrrole nitrogens is 1. The molecule has 0 aliphatic carbocycles. The summed E-state index contributed by atoms with van der Waals surface area (Å²) in [6.07, 6.45) is 0.915. The van der Waals surface area contributed by atoms with Crippen LogP contribution in [0.3, 0.4) is 0 Å². The molecule has 0 spiro atoms. The fraction of sp³-hybridized carbons (Fsp3) is 0. The van der Waals surface area contributed by atoms with Gasteiger partial charge in [-0.2, -0.15) is 5.10 Å². The van der Waals surface area contributed by atoms with Crippen LogP contribution in [0.1, 0.15) is 10.5 Å². The second kappa shape index (κ2) is 2.57. The largest absolute Gasteiger partial charge is 0.476 e. The number of rotatable bonds is 2. The second-order valence-corrected chi connectivity index (χ2v) is 3.48. The Hall–Kier alpha value is -1.41. The number of carboxylic acid groups (broad SMARTS) is 1. The number of aromatic nitrogens is 2. The molecule has 0 fully saturated rings. The first-order chi connectivity index (χ1) is 5.43. The average Bonchev–Trinajstić information content (AvgIpc) is 2.30. The van der Waals surface area contributed by atoms with E-state index >= 15 is 0 Å². The number of carboxylic acids is 1. The molecule has 0 aromatic carbocycles. The fourth-order valence-electron chi connectivity index (χ4n) is 0.649. The van der Waals surface area contributed by atoms with Crippen LogP contribution in [0.25, 0.3) is 0 Å². The molecule has 0 atom stereocenters. The van der Waals surface area contributed by atoms with Gasteiger partial charge in [0.25, 0.3) is 0 Å². The molecule has 7 nitrogen and oxygen atoms in total. The number of nitrogens with zero attached hydrogens (tertiary/aromatic N) is 1. The lowest BCUT2D eigenvalue weighted by molar-refractivity contribution is 0.0686. The molecule has 0 radical (unpaired) electrons. The molecule has 1 aromatic rings. The van der Waals surface area contributed by atoms with Gasteiger partial charge in [-0.25, -0.2) is 18.4 Å². The first-order valence-corrected chi connectivity index (χ1v) is 4.27. The number of nitrogens with one attached hydrogen (secondary N) is 1. The van der Waals surface area contributed by atoms with E-state index in [1.165, 1.54) is 0 Å². The zero-order valence-corrected chi connectivity index (χ0v) is 6.50. The second-order valence-electron chi connectivity index (χ2n) is 1.95. The van der Waals surface area contributed by atoms with Gasteiger partial charge in [-0.1, -0.05) is 0 Å². The smallest absolute Gasteiger partial charge is 0.357 e. The summed E-state index contributed by atoms with van der Waals surface area (Å²) in [5.41, 5.74) is -0.600. The van der Waals surface area contributed by atoms with Gasteiger partial charge in [0.15, 0.2) is 5.69 Å². The third-order valence-electron chi connectivity index (χ3n) is 1.11. The number of aromatic carboxylic acids is 1. The molecule has 0 aliphatic heterocycles. The molecule has 0 saturated carbocycles. The van der Waals surface area contributed by atoms with E-state index in [1.54, 1.807) is 0 Å². The maximum atomic E-state index is 10.7. The van der Waals surface area contributed by atoms with Crippen molar-refractivity contribution in [3.05, 3.63) is 11.9 Å². The van der Waals surface area contributed by atoms with E-state index in [9.17, 15) is 13.2 Å². The Morgan fingerprint density at radius 2 is 2.25 bits per heavy atom. The number of hydrogen-bond acceptors (Lipinski definition) is 4. The van der Waals surface area contributed by atoms with Crippen LogP contribution >= 0.6 is 0 Å². The lowest BCUT2D eigenvalue weighted by atomic mass is 10.4. The molecular weight excluding hydrogens is 186 g/mol. The summed E-state index contributed by atoms with van der Waals surface area (Å²) in [5, 5.41) is 18.4. The molecule has 0 unspecified atom stereocenters. The Labute approximate surface area is 67.3 Å². The van der Waals surface area contributed by atoms with Gasteiger partial charge in [0.05, 0.1) is 0 Å². The first-order valence-electron chi connectivity index (χ1n) is 2.73. The normalized spacial score (nSPS) is 11.4. The molecule has 0 aliphatic rings. The van der Waals surface area contributed by atoms with Crippen molar-refractivity contribution in [3.63, 3.8) is 0 Å². The summed E-state index contributed by atoms with van der Waals surface area (Å²) >= 11 is 0. The molecule has 1 aromatic heterocycles. The molecule has 0 bridgehead atoms. The zero-order valence-electron chi connectivity index (χ0n) is 5.68. The van der Waals surface area contributed by atoms with E-state index < -0.39 is 26.6 Å². The lowest BCUT2D eigenvalue weighted by Crippen LogP contribution is -2.15. The van der Waals surface area contributed by atoms with Gasteiger partial charge in [-0.05, 0) is 0 Å². The number of hydrogen-bond donors (Lipinski definition) is 3. The van der Waals surface area contributed by atoms with Crippen LogP contribution in [0, 0.1) is 0 Å². The highest BCUT2D eigenvalue weighted by Gasteiger charge is 2.21. The van der Waals surface area contributed by atoms with Crippen molar-refractivity contribution in [1.29, 1.82) is 0 Å². The van der Waals surface area contributed by atoms with E-state index in [0.29, 0.717) is 0 Å². The SMILES string of the molecule is NS(=O)(=O)c1c[nH]nc1C(=O)O. The van der Waals surface area contributed by atoms with E-state index in [-0.39, 0.29) is 0 Å². The van der Waals surface area contributed by atoms with Crippen molar-refractivity contribution >= 4 is 16.0 Å². The summed E-state index contributed by atoms with van der Waals surface area (Å²) in [6.45, 7) is 0. The highest BCUT2D eigenvalue weighted by molar-refractivity contribution is 7.89. The van der Waals surface area contributed by atoms with E-state index in [2.05, 4.69) is 15.3 Å². The van der Waals surface area contributed by atoms with Gasteiger partial charge < -0.3 is 5.11 Å². The zero-order chi connectivity index (χ0) is 9.35. The van der Waals surface area contributed by atoms with Crippen molar-refractivity contribution in [1.82, 2.24) is 10.2 Å². The van der Waals surface area contributed by atoms with Crippen LogP contribution in [-0.2, 0) is 10.0 Å². The lowest BCUT2D eigenvalue weighted by Gasteiger charge is -1.92. The molecule has 8 heteroatoms. The minimum absolute atomic E-state index is 0.519. The summed E-state index contributed by atoms with van der Waals surface area (Å²) in [5.74, 6) is -1.44. The minimum Gasteiger partial charge on any atom is -0.476 e. The molecule has 0 saturated heterocycles. The van der Waals surface area contributed by atoms with Crippen molar-refractivity contribution in [2.75, 3.05) is 0 Å². The quantitative estimate of drug-likeness (QED) is 0.538. The van der Waals surface area contributed by atoms with Gasteiger partial charge in [0, 0.05) is 6.20 Å². The number of nitrogens with two attached hydrogens (primary N) is 1. The van der Waals surface area contributed by atoms with Gasteiger partial charge in [0.2, 0.25) is 10.0 Å². The Balaban J connectivity index is 3.36. The standard InChI is InChI=1S/C4H5N3O4S/c5-12(10,11)2-1-6-7-3(2)4(8)9/h1H,(H,6,7)(H,8,9)(H2,5,10,11). The molecule has 66 valence electrons. The van der Waals surface area contributed by atoms with Crippen molar-refractivity contribution in [3.8, 4) is 0 Å². The fourth-order valence-corrected chi connectivity index (χ4v) is 1.27. The van der Waals surface area contributed by atoms with Crippen LogP contribution < -0.4 is 5.14 Å². The van der Waals surface area contributed by atoms with Gasteiger partial charge in [-0.3, -0.25) is 5.10 Å². The Kier molecular flexibility index (Phi) is 1.86. The third-order valence-corrected chi connectivity index (χ3v) is 2.04. The summed E-state index contributed by atoms with van der Waals surface area (Å²) in [4.78, 5) is 9.81. The predicted octanol–water partition coefficient (Wildman–Crippen LogP) is -1.24. The van der Waals surface area contributed by atoms with Crippen molar-refractivity contribution in [2.24, 2.45) is 5.14 Å². The third kappa shape index (κ3) is 1.43. The Bertz CT molecular complexity index is 406. The number of sulfonamides is 1. The monoisotopic (exact) mass is 191 g/mol. The van der Waals surface area contributed by atoms with E-state index in [0.717, 1.165) is 6.20 Å². The maximum absolute atomic E-state index is 10.7. The number of carbonyl (C=O) groups is 1. The topological polar surface area (TPSA) is 126 Å². The van der Waals surface area contributed by atoms with Gasteiger partial charge in [-0.15, -0.1) is 0 Å². The molecule has 1 rings (SSSR count). The van der Waals surface area contributed by atoms with Crippen LogP contribution in [0.4, 0.5) is 0 Å². The first kappa shape index (κ1) is 8.68. The number of aromatic amines is 1. The van der Waals surface area contributed by atoms with Crippen molar-refractivity contribution in [2.45, 2.75) is 4.90 Å². The van der Waals surface area contributed by atoms with Crippen LogP contribution in [-0.4, -0.2) is 29.7 Å².